The maximum Gasteiger partial charge on any atom is 0.341 e. The van der Waals surface area contributed by atoms with Gasteiger partial charge in [0.25, 0.3) is 0 Å². The van der Waals surface area contributed by atoms with Crippen LogP contribution in [0.15, 0.2) is 30.5 Å². The van der Waals surface area contributed by atoms with Crippen molar-refractivity contribution in [3.8, 4) is 17.1 Å². The average Bonchev–Trinajstić information content (AvgIpc) is 2.48. The van der Waals surface area contributed by atoms with Crippen LogP contribution in [0.3, 0.4) is 0 Å². The molecular weight excluding hydrogens is 268 g/mol. The molecule has 0 aliphatic rings. The van der Waals surface area contributed by atoms with E-state index >= 15 is 0 Å². The number of benzene rings is 1. The molecule has 2 rings (SSSR count). The second-order valence-electron chi connectivity index (χ2n) is 4.34. The highest BCUT2D eigenvalue weighted by molar-refractivity contribution is 5.90. The molecular formula is C16H18N2O3. The van der Waals surface area contributed by atoms with Gasteiger partial charge >= 0.3 is 5.97 Å². The molecule has 1 aromatic heterocycles. The second kappa shape index (κ2) is 6.83. The summed E-state index contributed by atoms with van der Waals surface area (Å²) in [5, 5.41) is 0. The summed E-state index contributed by atoms with van der Waals surface area (Å²) in [6.07, 6.45) is 1.50. The van der Waals surface area contributed by atoms with E-state index in [1.165, 1.54) is 6.20 Å². The van der Waals surface area contributed by atoms with Crippen LogP contribution < -0.4 is 4.74 Å². The van der Waals surface area contributed by atoms with E-state index in [2.05, 4.69) is 9.97 Å². The van der Waals surface area contributed by atoms with Crippen LogP contribution in [0, 0.1) is 6.92 Å². The number of rotatable bonds is 5. The van der Waals surface area contributed by atoms with Crippen molar-refractivity contribution in [2.45, 2.75) is 20.8 Å². The summed E-state index contributed by atoms with van der Waals surface area (Å²) in [6.45, 7) is 6.35. The van der Waals surface area contributed by atoms with Crippen molar-refractivity contribution in [3.63, 3.8) is 0 Å². The summed E-state index contributed by atoms with van der Waals surface area (Å²) in [5.41, 5.74) is 1.78. The third-order valence-corrected chi connectivity index (χ3v) is 2.90. The number of nitrogens with zero attached hydrogens (tertiary/aromatic N) is 2. The summed E-state index contributed by atoms with van der Waals surface area (Å²) in [6, 6.07) is 7.56. The Bertz CT molecular complexity index is 641. The maximum atomic E-state index is 11.8. The van der Waals surface area contributed by atoms with Gasteiger partial charge in [0, 0.05) is 6.20 Å². The highest BCUT2D eigenvalue weighted by Crippen LogP contribution is 2.27. The Hall–Kier alpha value is -2.43. The van der Waals surface area contributed by atoms with Gasteiger partial charge in [0.05, 0.1) is 30.0 Å². The van der Waals surface area contributed by atoms with Gasteiger partial charge in [-0.05, 0) is 32.9 Å². The third kappa shape index (κ3) is 3.37. The molecule has 0 spiro atoms. The molecule has 1 heterocycles. The summed E-state index contributed by atoms with van der Waals surface area (Å²) < 4.78 is 10.5. The van der Waals surface area contributed by atoms with Gasteiger partial charge in [0.1, 0.15) is 5.75 Å². The zero-order chi connectivity index (χ0) is 15.2. The van der Waals surface area contributed by atoms with Crippen LogP contribution in [0.1, 0.15) is 29.9 Å². The van der Waals surface area contributed by atoms with Crippen molar-refractivity contribution in [3.05, 3.63) is 41.7 Å². The van der Waals surface area contributed by atoms with Crippen LogP contribution in [0.4, 0.5) is 0 Å². The predicted molar refractivity (Wildman–Crippen MR) is 79.3 cm³/mol. The van der Waals surface area contributed by atoms with E-state index in [0.717, 1.165) is 11.3 Å². The van der Waals surface area contributed by atoms with Crippen LogP contribution in [0.25, 0.3) is 11.4 Å². The topological polar surface area (TPSA) is 61.3 Å². The Balaban J connectivity index is 2.38. The van der Waals surface area contributed by atoms with E-state index < -0.39 is 5.97 Å². The standard InChI is InChI=1S/C16H18N2O3/c1-4-20-14-9-7-6-8-12(14)15-17-10-13(11(3)18-15)16(19)21-5-2/h6-10H,4-5H2,1-3H3. The molecule has 2 aromatic rings. The van der Waals surface area contributed by atoms with E-state index in [1.54, 1.807) is 13.8 Å². The Morgan fingerprint density at radius 3 is 2.62 bits per heavy atom. The number of esters is 1. The fourth-order valence-electron chi connectivity index (χ4n) is 1.94. The minimum Gasteiger partial charge on any atom is -0.493 e. The number of aryl methyl sites for hydroxylation is 1. The highest BCUT2D eigenvalue weighted by atomic mass is 16.5. The molecule has 0 bridgehead atoms. The van der Waals surface area contributed by atoms with Crippen molar-refractivity contribution in [2.75, 3.05) is 13.2 Å². The van der Waals surface area contributed by atoms with Gasteiger partial charge < -0.3 is 9.47 Å². The van der Waals surface area contributed by atoms with Crippen molar-refractivity contribution in [1.82, 2.24) is 9.97 Å². The lowest BCUT2D eigenvalue weighted by molar-refractivity contribution is 0.0524. The molecule has 0 saturated heterocycles. The fraction of sp³-hybridized carbons (Fsp3) is 0.312. The Morgan fingerprint density at radius 2 is 1.95 bits per heavy atom. The lowest BCUT2D eigenvalue weighted by Gasteiger charge is -2.10. The van der Waals surface area contributed by atoms with E-state index in [1.807, 2.05) is 31.2 Å². The summed E-state index contributed by atoms with van der Waals surface area (Å²) >= 11 is 0. The van der Waals surface area contributed by atoms with Crippen LogP contribution in [-0.4, -0.2) is 29.2 Å². The van der Waals surface area contributed by atoms with Gasteiger partial charge in [0.2, 0.25) is 0 Å². The summed E-state index contributed by atoms with van der Waals surface area (Å²) in [4.78, 5) is 20.4. The maximum absolute atomic E-state index is 11.8. The number of hydrogen-bond acceptors (Lipinski definition) is 5. The first kappa shape index (κ1) is 15.0. The molecule has 0 fully saturated rings. The Kier molecular flexibility index (Phi) is 4.87. The first-order valence-electron chi connectivity index (χ1n) is 6.90. The molecule has 5 heteroatoms. The SMILES string of the molecule is CCOC(=O)c1cnc(-c2ccccc2OCC)nc1C. The number of carbonyl (C=O) groups excluding carboxylic acids is 1. The molecule has 1 aromatic carbocycles. The van der Waals surface area contributed by atoms with Gasteiger partial charge in [-0.2, -0.15) is 0 Å². The predicted octanol–water partition coefficient (Wildman–Crippen LogP) is 3.03. The largest absolute Gasteiger partial charge is 0.493 e. The monoisotopic (exact) mass is 286 g/mol. The van der Waals surface area contributed by atoms with E-state index in [0.29, 0.717) is 30.3 Å². The number of aromatic nitrogens is 2. The Morgan fingerprint density at radius 1 is 1.19 bits per heavy atom. The van der Waals surface area contributed by atoms with E-state index in [-0.39, 0.29) is 0 Å². The van der Waals surface area contributed by atoms with Crippen molar-refractivity contribution >= 4 is 5.97 Å². The van der Waals surface area contributed by atoms with Gasteiger partial charge in [-0.1, -0.05) is 12.1 Å². The third-order valence-electron chi connectivity index (χ3n) is 2.90. The van der Waals surface area contributed by atoms with Crippen LogP contribution in [-0.2, 0) is 4.74 Å². The molecule has 0 saturated carbocycles. The lowest BCUT2D eigenvalue weighted by atomic mass is 10.1. The van der Waals surface area contributed by atoms with Crippen LogP contribution in [0.5, 0.6) is 5.75 Å². The molecule has 0 atom stereocenters. The van der Waals surface area contributed by atoms with E-state index in [4.69, 9.17) is 9.47 Å². The van der Waals surface area contributed by atoms with Crippen LogP contribution >= 0.6 is 0 Å². The van der Waals surface area contributed by atoms with Crippen LogP contribution in [0.2, 0.25) is 0 Å². The van der Waals surface area contributed by atoms with Gasteiger partial charge in [-0.25, -0.2) is 14.8 Å². The first-order valence-corrected chi connectivity index (χ1v) is 6.90. The zero-order valence-corrected chi connectivity index (χ0v) is 12.4. The second-order valence-corrected chi connectivity index (χ2v) is 4.34. The molecule has 0 unspecified atom stereocenters. The number of ether oxygens (including phenoxy) is 2. The number of hydrogen-bond donors (Lipinski definition) is 0. The molecule has 110 valence electrons. The lowest BCUT2D eigenvalue weighted by Crippen LogP contribution is -2.09. The minimum atomic E-state index is -0.403. The van der Waals surface area contributed by atoms with Gasteiger partial charge in [-0.3, -0.25) is 0 Å². The van der Waals surface area contributed by atoms with E-state index in [9.17, 15) is 4.79 Å². The van der Waals surface area contributed by atoms with Gasteiger partial charge in [0.15, 0.2) is 5.82 Å². The van der Waals surface area contributed by atoms with Crippen molar-refractivity contribution in [2.24, 2.45) is 0 Å². The zero-order valence-electron chi connectivity index (χ0n) is 12.4. The molecule has 5 nitrogen and oxygen atoms in total. The van der Waals surface area contributed by atoms with Crippen molar-refractivity contribution in [1.29, 1.82) is 0 Å². The molecule has 0 aliphatic heterocycles. The van der Waals surface area contributed by atoms with Crippen molar-refractivity contribution < 1.29 is 14.3 Å². The first-order chi connectivity index (χ1) is 10.2. The molecule has 0 aliphatic carbocycles. The number of para-hydroxylation sites is 1. The minimum absolute atomic E-state index is 0.327. The quantitative estimate of drug-likeness (QED) is 0.791. The smallest absolute Gasteiger partial charge is 0.341 e. The normalized spacial score (nSPS) is 10.2. The number of carbonyl (C=O) groups is 1. The summed E-state index contributed by atoms with van der Waals surface area (Å²) in [7, 11) is 0. The summed E-state index contributed by atoms with van der Waals surface area (Å²) in [5.74, 6) is 0.854. The molecule has 0 N–H and O–H groups in total. The molecule has 0 radical (unpaired) electrons. The molecule has 0 amide bonds. The Labute approximate surface area is 124 Å². The highest BCUT2D eigenvalue weighted by Gasteiger charge is 2.15. The fourth-order valence-corrected chi connectivity index (χ4v) is 1.94. The molecule has 21 heavy (non-hydrogen) atoms. The van der Waals surface area contributed by atoms with Gasteiger partial charge in [-0.15, -0.1) is 0 Å². The average molecular weight is 286 g/mol.